The van der Waals surface area contributed by atoms with Crippen LogP contribution in [0.15, 0.2) is 18.2 Å². The number of halogens is 1. The van der Waals surface area contributed by atoms with Crippen molar-refractivity contribution in [3.63, 3.8) is 0 Å². The Morgan fingerprint density at radius 3 is 2.78 bits per heavy atom. The van der Waals surface area contributed by atoms with Crippen molar-refractivity contribution in [2.45, 2.75) is 20.3 Å². The first-order valence-electron chi connectivity index (χ1n) is 8.21. The third-order valence-corrected chi connectivity index (χ3v) is 3.84. The lowest BCUT2D eigenvalue weighted by Crippen LogP contribution is -2.16. The second-order valence-electron chi connectivity index (χ2n) is 5.64. The first-order chi connectivity index (χ1) is 12.9. The molecule has 0 spiro atoms. The lowest BCUT2D eigenvalue weighted by molar-refractivity contribution is -0.111. The van der Waals surface area contributed by atoms with Gasteiger partial charge in [0.25, 0.3) is 5.91 Å². The maximum absolute atomic E-state index is 12.2. The van der Waals surface area contributed by atoms with Crippen molar-refractivity contribution in [2.75, 3.05) is 19.0 Å². The van der Waals surface area contributed by atoms with Crippen LogP contribution < -0.4 is 20.5 Å². The molecule has 0 aliphatic heterocycles. The van der Waals surface area contributed by atoms with Crippen molar-refractivity contribution < 1.29 is 19.1 Å². The minimum absolute atomic E-state index is 0.0311. The van der Waals surface area contributed by atoms with E-state index in [1.54, 1.807) is 25.1 Å². The number of aromatic amines is 1. The van der Waals surface area contributed by atoms with E-state index in [1.807, 2.05) is 6.92 Å². The van der Waals surface area contributed by atoms with Crippen LogP contribution in [0.4, 0.5) is 5.69 Å². The maximum atomic E-state index is 12.2. The number of ether oxygens (including phenoxy) is 2. The molecule has 2 rings (SSSR count). The number of benzene rings is 1. The van der Waals surface area contributed by atoms with E-state index in [0.717, 1.165) is 6.42 Å². The van der Waals surface area contributed by atoms with E-state index in [-0.39, 0.29) is 11.4 Å². The second kappa shape index (κ2) is 9.09. The van der Waals surface area contributed by atoms with Gasteiger partial charge in [-0.05, 0) is 37.1 Å². The van der Waals surface area contributed by atoms with Crippen LogP contribution in [0.3, 0.4) is 0 Å². The Morgan fingerprint density at radius 2 is 2.15 bits per heavy atom. The summed E-state index contributed by atoms with van der Waals surface area (Å²) in [5.74, 6) is -0.262. The molecule has 1 heterocycles. The lowest BCUT2D eigenvalue weighted by Gasteiger charge is -2.12. The molecule has 4 N–H and O–H groups in total. The molecule has 0 fully saturated rings. The van der Waals surface area contributed by atoms with E-state index in [9.17, 15) is 9.59 Å². The summed E-state index contributed by atoms with van der Waals surface area (Å²) in [6.45, 7) is 4.17. The standard InChI is InChI=1S/C18H21ClN4O4/c1-4-7-27-17-12(19)8-11(9-13(17)26-3)5-6-14(24)21-15-10(2)22-23-16(15)18(20)25/h5-6,8-9H,4,7H2,1-3H3,(H2,20,25)(H,21,24)(H,22,23). The van der Waals surface area contributed by atoms with E-state index in [0.29, 0.717) is 34.4 Å². The number of nitrogens with zero attached hydrogens (tertiary/aromatic N) is 1. The van der Waals surface area contributed by atoms with Crippen LogP contribution in [-0.4, -0.2) is 35.7 Å². The van der Waals surface area contributed by atoms with E-state index in [1.165, 1.54) is 13.2 Å². The number of aryl methyl sites for hydroxylation is 1. The number of nitrogens with two attached hydrogens (primary N) is 1. The highest BCUT2D eigenvalue weighted by atomic mass is 35.5. The number of anilines is 1. The first-order valence-corrected chi connectivity index (χ1v) is 8.59. The molecule has 0 saturated carbocycles. The number of hydrogen-bond acceptors (Lipinski definition) is 5. The van der Waals surface area contributed by atoms with Crippen molar-refractivity contribution in [3.05, 3.63) is 40.2 Å². The van der Waals surface area contributed by atoms with Gasteiger partial charge in [-0.2, -0.15) is 5.10 Å². The molecule has 9 heteroatoms. The summed E-state index contributed by atoms with van der Waals surface area (Å²) in [6.07, 6.45) is 3.70. The third-order valence-electron chi connectivity index (χ3n) is 3.56. The van der Waals surface area contributed by atoms with Crippen LogP contribution in [0.5, 0.6) is 11.5 Å². The average Bonchev–Trinajstić information content (AvgIpc) is 2.99. The number of methoxy groups -OCH3 is 1. The highest BCUT2D eigenvalue weighted by Crippen LogP contribution is 2.36. The van der Waals surface area contributed by atoms with Gasteiger partial charge in [-0.15, -0.1) is 0 Å². The minimum Gasteiger partial charge on any atom is -0.493 e. The molecule has 2 amide bonds. The Labute approximate surface area is 161 Å². The summed E-state index contributed by atoms with van der Waals surface area (Å²) < 4.78 is 10.9. The lowest BCUT2D eigenvalue weighted by atomic mass is 10.2. The second-order valence-corrected chi connectivity index (χ2v) is 6.05. The zero-order valence-corrected chi connectivity index (χ0v) is 16.0. The Balaban J connectivity index is 2.18. The van der Waals surface area contributed by atoms with Gasteiger partial charge in [-0.25, -0.2) is 0 Å². The Morgan fingerprint density at radius 1 is 1.41 bits per heavy atom. The largest absolute Gasteiger partial charge is 0.493 e. The summed E-state index contributed by atoms with van der Waals surface area (Å²) in [4.78, 5) is 23.5. The molecule has 8 nitrogen and oxygen atoms in total. The van der Waals surface area contributed by atoms with Crippen molar-refractivity contribution in [1.82, 2.24) is 10.2 Å². The quantitative estimate of drug-likeness (QED) is 0.596. The molecule has 0 radical (unpaired) electrons. The van der Waals surface area contributed by atoms with Gasteiger partial charge in [-0.3, -0.25) is 14.7 Å². The molecule has 0 aliphatic rings. The van der Waals surface area contributed by atoms with Gasteiger partial charge in [0.2, 0.25) is 5.91 Å². The Kier molecular flexibility index (Phi) is 6.84. The molecule has 27 heavy (non-hydrogen) atoms. The zero-order valence-electron chi connectivity index (χ0n) is 15.3. The predicted octanol–water partition coefficient (Wildman–Crippen LogP) is 2.92. The van der Waals surface area contributed by atoms with Crippen molar-refractivity contribution in [1.29, 1.82) is 0 Å². The Bertz CT molecular complexity index is 876. The average molecular weight is 393 g/mol. The molecule has 0 unspecified atom stereocenters. The summed E-state index contributed by atoms with van der Waals surface area (Å²) in [7, 11) is 1.51. The fourth-order valence-corrected chi connectivity index (χ4v) is 2.55. The number of primary amides is 1. The van der Waals surface area contributed by atoms with Crippen LogP contribution in [0, 0.1) is 6.92 Å². The number of rotatable bonds is 8. The van der Waals surface area contributed by atoms with Gasteiger partial charge in [0.05, 0.1) is 30.1 Å². The predicted molar refractivity (Wildman–Crippen MR) is 103 cm³/mol. The van der Waals surface area contributed by atoms with Gasteiger partial charge < -0.3 is 20.5 Å². The van der Waals surface area contributed by atoms with Gasteiger partial charge in [0.15, 0.2) is 17.2 Å². The molecule has 1 aromatic heterocycles. The smallest absolute Gasteiger partial charge is 0.271 e. The summed E-state index contributed by atoms with van der Waals surface area (Å²) in [5.41, 5.74) is 6.62. The minimum atomic E-state index is -0.738. The van der Waals surface area contributed by atoms with E-state index < -0.39 is 11.8 Å². The summed E-state index contributed by atoms with van der Waals surface area (Å²) >= 11 is 6.25. The molecule has 0 aliphatic carbocycles. The van der Waals surface area contributed by atoms with E-state index in [2.05, 4.69) is 15.5 Å². The van der Waals surface area contributed by atoms with E-state index in [4.69, 9.17) is 26.8 Å². The molecule has 0 atom stereocenters. The van der Waals surface area contributed by atoms with Gasteiger partial charge >= 0.3 is 0 Å². The number of nitrogens with one attached hydrogen (secondary N) is 2. The fourth-order valence-electron chi connectivity index (χ4n) is 2.28. The van der Waals surface area contributed by atoms with Crippen LogP contribution in [0.25, 0.3) is 6.08 Å². The molecule has 1 aromatic carbocycles. The molecular weight excluding hydrogens is 372 g/mol. The number of amides is 2. The zero-order chi connectivity index (χ0) is 20.0. The summed E-state index contributed by atoms with van der Waals surface area (Å²) in [5, 5.41) is 9.34. The number of carbonyl (C=O) groups excluding carboxylic acids is 2. The highest BCUT2D eigenvalue weighted by Gasteiger charge is 2.16. The number of hydrogen-bond donors (Lipinski definition) is 3. The van der Waals surface area contributed by atoms with Crippen LogP contribution >= 0.6 is 11.6 Å². The molecular formula is C18H21ClN4O4. The SMILES string of the molecule is CCCOc1c(Cl)cc(C=CC(=O)Nc2c(C(N)=O)n[nH]c2C)cc1OC. The molecule has 0 bridgehead atoms. The van der Waals surface area contributed by atoms with Crippen LogP contribution in [0.1, 0.15) is 35.1 Å². The van der Waals surface area contributed by atoms with Crippen LogP contribution in [-0.2, 0) is 4.79 Å². The fraction of sp³-hybridized carbons (Fsp3) is 0.278. The van der Waals surface area contributed by atoms with Gasteiger partial charge in [0, 0.05) is 6.08 Å². The van der Waals surface area contributed by atoms with Crippen molar-refractivity contribution in [3.8, 4) is 11.5 Å². The first kappa shape index (κ1) is 20.3. The number of carbonyl (C=O) groups is 2. The van der Waals surface area contributed by atoms with E-state index >= 15 is 0 Å². The van der Waals surface area contributed by atoms with Gasteiger partial charge in [-0.1, -0.05) is 18.5 Å². The normalized spacial score (nSPS) is 10.8. The third kappa shape index (κ3) is 5.01. The molecule has 2 aromatic rings. The number of aromatic nitrogens is 2. The topological polar surface area (TPSA) is 119 Å². The maximum Gasteiger partial charge on any atom is 0.271 e. The van der Waals surface area contributed by atoms with Crippen LogP contribution in [0.2, 0.25) is 5.02 Å². The van der Waals surface area contributed by atoms with Crippen molar-refractivity contribution in [2.24, 2.45) is 5.73 Å². The summed E-state index contributed by atoms with van der Waals surface area (Å²) in [6, 6.07) is 3.37. The number of H-pyrrole nitrogens is 1. The molecule has 144 valence electrons. The van der Waals surface area contributed by atoms with Crippen molar-refractivity contribution >= 4 is 35.2 Å². The molecule has 0 saturated heterocycles. The van der Waals surface area contributed by atoms with Gasteiger partial charge in [0.1, 0.15) is 0 Å². The highest BCUT2D eigenvalue weighted by molar-refractivity contribution is 6.32. The Hall–Kier alpha value is -3.00. The monoisotopic (exact) mass is 392 g/mol.